The first-order valence-electron chi connectivity index (χ1n) is 9.65. The van der Waals surface area contributed by atoms with Gasteiger partial charge in [-0.3, -0.25) is 14.6 Å². The molecule has 0 saturated carbocycles. The third-order valence-electron chi connectivity index (χ3n) is 5.07. The summed E-state index contributed by atoms with van der Waals surface area (Å²) in [4.78, 5) is 17.2. The highest BCUT2D eigenvalue weighted by Gasteiger charge is 2.25. The average Bonchev–Trinajstić information content (AvgIpc) is 2.74. The fourth-order valence-electron chi connectivity index (χ4n) is 3.31. The van der Waals surface area contributed by atoms with E-state index in [0.717, 1.165) is 32.7 Å². The number of anilines is 1. The van der Waals surface area contributed by atoms with Crippen molar-refractivity contribution in [2.45, 2.75) is 13.0 Å². The van der Waals surface area contributed by atoms with E-state index in [1.54, 1.807) is 18.2 Å². The van der Waals surface area contributed by atoms with Gasteiger partial charge in [0.05, 0.1) is 17.7 Å². The standard InChI is InChI=1S/C23H26N4O/c1-19(23(28)25-22-11-5-9-21(17-22)18-24)27-15-13-26(14-16-27)12-6-10-20-7-3-2-4-8-20/h2-11,17,19H,12-16H2,1H3,(H,25,28)/b10-6+. The maximum Gasteiger partial charge on any atom is 0.241 e. The van der Waals surface area contributed by atoms with Gasteiger partial charge in [0.1, 0.15) is 0 Å². The molecule has 0 spiro atoms. The van der Waals surface area contributed by atoms with Gasteiger partial charge in [-0.1, -0.05) is 48.6 Å². The Morgan fingerprint density at radius 1 is 1.14 bits per heavy atom. The zero-order valence-corrected chi connectivity index (χ0v) is 16.2. The van der Waals surface area contributed by atoms with E-state index in [-0.39, 0.29) is 11.9 Å². The molecule has 1 aliphatic rings. The van der Waals surface area contributed by atoms with Crippen molar-refractivity contribution in [3.05, 3.63) is 71.8 Å². The minimum atomic E-state index is -0.201. The monoisotopic (exact) mass is 374 g/mol. The van der Waals surface area contributed by atoms with E-state index in [0.29, 0.717) is 11.3 Å². The number of nitriles is 1. The summed E-state index contributed by atoms with van der Waals surface area (Å²) in [7, 11) is 0. The number of nitrogens with one attached hydrogen (secondary N) is 1. The highest BCUT2D eigenvalue weighted by molar-refractivity contribution is 5.94. The molecular formula is C23H26N4O. The Bertz CT molecular complexity index is 848. The van der Waals surface area contributed by atoms with Crippen molar-refractivity contribution in [1.29, 1.82) is 5.26 Å². The lowest BCUT2D eigenvalue weighted by molar-refractivity contribution is -0.121. The van der Waals surface area contributed by atoms with Gasteiger partial charge in [-0.15, -0.1) is 0 Å². The van der Waals surface area contributed by atoms with Crippen LogP contribution >= 0.6 is 0 Å². The van der Waals surface area contributed by atoms with Crippen LogP contribution in [-0.4, -0.2) is 54.5 Å². The number of nitrogens with zero attached hydrogens (tertiary/aromatic N) is 3. The molecule has 1 heterocycles. The van der Waals surface area contributed by atoms with Crippen LogP contribution in [0.2, 0.25) is 0 Å². The summed E-state index contributed by atoms with van der Waals surface area (Å²) >= 11 is 0. The van der Waals surface area contributed by atoms with Crippen LogP contribution in [0.1, 0.15) is 18.1 Å². The molecule has 1 atom stereocenters. The van der Waals surface area contributed by atoms with Crippen molar-refractivity contribution in [2.24, 2.45) is 0 Å². The lowest BCUT2D eigenvalue weighted by Crippen LogP contribution is -2.52. The van der Waals surface area contributed by atoms with Crippen LogP contribution in [0, 0.1) is 11.3 Å². The molecule has 1 saturated heterocycles. The second kappa shape index (κ2) is 9.84. The second-order valence-electron chi connectivity index (χ2n) is 7.01. The van der Waals surface area contributed by atoms with Crippen LogP contribution in [0.15, 0.2) is 60.7 Å². The molecule has 0 aliphatic carbocycles. The van der Waals surface area contributed by atoms with Crippen LogP contribution in [0.5, 0.6) is 0 Å². The van der Waals surface area contributed by atoms with Gasteiger partial charge in [0, 0.05) is 38.4 Å². The van der Waals surface area contributed by atoms with E-state index in [2.05, 4.69) is 45.5 Å². The summed E-state index contributed by atoms with van der Waals surface area (Å²) in [5.74, 6) is -0.0347. The quantitative estimate of drug-likeness (QED) is 0.843. The van der Waals surface area contributed by atoms with Gasteiger partial charge in [0.25, 0.3) is 0 Å². The van der Waals surface area contributed by atoms with Crippen LogP contribution in [-0.2, 0) is 4.79 Å². The van der Waals surface area contributed by atoms with Crippen molar-refractivity contribution in [1.82, 2.24) is 9.80 Å². The first kappa shape index (κ1) is 19.8. The van der Waals surface area contributed by atoms with Crippen molar-refractivity contribution in [3.63, 3.8) is 0 Å². The molecule has 3 rings (SSSR count). The number of carbonyl (C=O) groups excluding carboxylic acids is 1. The lowest BCUT2D eigenvalue weighted by Gasteiger charge is -2.37. The Balaban J connectivity index is 1.45. The summed E-state index contributed by atoms with van der Waals surface area (Å²) in [5, 5.41) is 11.9. The summed E-state index contributed by atoms with van der Waals surface area (Å²) in [6.45, 7) is 6.48. The fourth-order valence-corrected chi connectivity index (χ4v) is 3.31. The molecule has 144 valence electrons. The van der Waals surface area contributed by atoms with E-state index in [1.165, 1.54) is 5.56 Å². The maximum absolute atomic E-state index is 12.6. The summed E-state index contributed by atoms with van der Waals surface area (Å²) in [6.07, 6.45) is 4.35. The summed E-state index contributed by atoms with van der Waals surface area (Å²) in [5.41, 5.74) is 2.43. The van der Waals surface area contributed by atoms with Crippen molar-refractivity contribution >= 4 is 17.7 Å². The number of amides is 1. The second-order valence-corrected chi connectivity index (χ2v) is 7.01. The van der Waals surface area contributed by atoms with Crippen LogP contribution < -0.4 is 5.32 Å². The zero-order valence-electron chi connectivity index (χ0n) is 16.2. The van der Waals surface area contributed by atoms with Gasteiger partial charge in [-0.25, -0.2) is 0 Å². The van der Waals surface area contributed by atoms with Gasteiger partial charge in [-0.2, -0.15) is 5.26 Å². The summed E-state index contributed by atoms with van der Waals surface area (Å²) in [6, 6.07) is 19.2. The molecule has 0 aromatic heterocycles. The van der Waals surface area contributed by atoms with Crippen LogP contribution in [0.4, 0.5) is 5.69 Å². The highest BCUT2D eigenvalue weighted by Crippen LogP contribution is 2.13. The summed E-state index contributed by atoms with van der Waals surface area (Å²) < 4.78 is 0. The van der Waals surface area contributed by atoms with E-state index >= 15 is 0 Å². The molecule has 28 heavy (non-hydrogen) atoms. The number of piperazine rings is 1. The van der Waals surface area contributed by atoms with Gasteiger partial charge >= 0.3 is 0 Å². The third kappa shape index (κ3) is 5.53. The Morgan fingerprint density at radius 2 is 1.89 bits per heavy atom. The van der Waals surface area contributed by atoms with Crippen molar-refractivity contribution < 1.29 is 4.79 Å². The average molecular weight is 374 g/mol. The van der Waals surface area contributed by atoms with Gasteiger partial charge in [0.2, 0.25) is 5.91 Å². The Kier molecular flexibility index (Phi) is 6.96. The minimum absolute atomic E-state index is 0.0347. The smallest absolute Gasteiger partial charge is 0.241 e. The lowest BCUT2D eigenvalue weighted by atomic mass is 10.2. The predicted molar refractivity (Wildman–Crippen MR) is 113 cm³/mol. The predicted octanol–water partition coefficient (Wildman–Crippen LogP) is 3.22. The largest absolute Gasteiger partial charge is 0.325 e. The van der Waals surface area contributed by atoms with E-state index in [4.69, 9.17) is 5.26 Å². The molecule has 2 aromatic carbocycles. The molecular weight excluding hydrogens is 348 g/mol. The number of carbonyl (C=O) groups is 1. The third-order valence-corrected chi connectivity index (χ3v) is 5.07. The molecule has 1 aliphatic heterocycles. The van der Waals surface area contributed by atoms with Crippen LogP contribution in [0.25, 0.3) is 6.08 Å². The number of hydrogen-bond acceptors (Lipinski definition) is 4. The Labute approximate surface area is 166 Å². The van der Waals surface area contributed by atoms with Crippen molar-refractivity contribution in [2.75, 3.05) is 38.0 Å². The maximum atomic E-state index is 12.6. The Hall–Kier alpha value is -2.94. The molecule has 2 aromatic rings. The van der Waals surface area contributed by atoms with Gasteiger partial charge in [0.15, 0.2) is 0 Å². The molecule has 0 bridgehead atoms. The van der Waals surface area contributed by atoms with E-state index in [1.807, 2.05) is 31.2 Å². The first-order chi connectivity index (χ1) is 13.7. The SMILES string of the molecule is CC(C(=O)Nc1cccc(C#N)c1)N1CCN(C/C=C/c2ccccc2)CC1. The number of rotatable bonds is 6. The molecule has 5 nitrogen and oxygen atoms in total. The van der Waals surface area contributed by atoms with E-state index in [9.17, 15) is 4.79 Å². The Morgan fingerprint density at radius 3 is 2.61 bits per heavy atom. The molecule has 1 N–H and O–H groups in total. The van der Waals surface area contributed by atoms with Crippen molar-refractivity contribution in [3.8, 4) is 6.07 Å². The van der Waals surface area contributed by atoms with Gasteiger partial charge < -0.3 is 5.32 Å². The molecule has 0 radical (unpaired) electrons. The zero-order chi connectivity index (χ0) is 19.8. The fraction of sp³-hybridized carbons (Fsp3) is 0.304. The molecule has 1 unspecified atom stereocenters. The molecule has 1 fully saturated rings. The minimum Gasteiger partial charge on any atom is -0.325 e. The van der Waals surface area contributed by atoms with E-state index < -0.39 is 0 Å². The normalized spacial score (nSPS) is 16.6. The number of benzene rings is 2. The number of hydrogen-bond donors (Lipinski definition) is 1. The highest BCUT2D eigenvalue weighted by atomic mass is 16.2. The first-order valence-corrected chi connectivity index (χ1v) is 9.65. The van der Waals surface area contributed by atoms with Gasteiger partial charge in [-0.05, 0) is 30.7 Å². The molecule has 5 heteroatoms. The molecule has 1 amide bonds. The van der Waals surface area contributed by atoms with Crippen LogP contribution in [0.3, 0.4) is 0 Å². The topological polar surface area (TPSA) is 59.4 Å².